The summed E-state index contributed by atoms with van der Waals surface area (Å²) in [5.74, 6) is 0.260. The van der Waals surface area contributed by atoms with Gasteiger partial charge in [-0.3, -0.25) is 0 Å². The standard InChI is InChI=1S/C15H23ClN4O3S/c1-19(2)24(22,23)20-9-7-12(8-10-20)11-17-15(21)18-14-6-4-3-5-13(14)16/h3-6,12H,7-11H2,1-2H3,(H2,17,18,21). The number of hydrogen-bond donors (Lipinski definition) is 2. The highest BCUT2D eigenvalue weighted by molar-refractivity contribution is 7.86. The molecule has 0 saturated carbocycles. The maximum absolute atomic E-state index is 12.1. The number of carbonyl (C=O) groups is 1. The van der Waals surface area contributed by atoms with Crippen LogP contribution in [-0.2, 0) is 10.2 Å². The van der Waals surface area contributed by atoms with Crippen molar-refractivity contribution in [1.82, 2.24) is 13.9 Å². The largest absolute Gasteiger partial charge is 0.338 e. The number of para-hydroxylation sites is 1. The number of rotatable bonds is 5. The second kappa shape index (κ2) is 8.15. The molecule has 1 saturated heterocycles. The normalized spacial score (nSPS) is 17.0. The fraction of sp³-hybridized carbons (Fsp3) is 0.533. The van der Waals surface area contributed by atoms with Gasteiger partial charge in [-0.05, 0) is 30.9 Å². The van der Waals surface area contributed by atoms with E-state index < -0.39 is 10.2 Å². The number of carbonyl (C=O) groups excluding carboxylic acids is 1. The first kappa shape index (κ1) is 19.0. The van der Waals surface area contributed by atoms with Crippen LogP contribution in [0.15, 0.2) is 24.3 Å². The first-order valence-corrected chi connectivity index (χ1v) is 9.55. The summed E-state index contributed by atoms with van der Waals surface area (Å²) < 4.78 is 26.8. The maximum Gasteiger partial charge on any atom is 0.319 e. The summed E-state index contributed by atoms with van der Waals surface area (Å²) in [7, 11) is -0.288. The molecule has 1 aliphatic rings. The van der Waals surface area contributed by atoms with Crippen LogP contribution in [0.25, 0.3) is 0 Å². The topological polar surface area (TPSA) is 81.8 Å². The smallest absolute Gasteiger partial charge is 0.319 e. The zero-order chi connectivity index (χ0) is 17.7. The molecule has 1 aliphatic heterocycles. The third kappa shape index (κ3) is 4.83. The Kier molecular flexibility index (Phi) is 6.45. The molecule has 9 heteroatoms. The fourth-order valence-corrected chi connectivity index (χ4v) is 3.86. The minimum atomic E-state index is -3.35. The highest BCUT2D eigenvalue weighted by Gasteiger charge is 2.29. The van der Waals surface area contributed by atoms with Gasteiger partial charge in [-0.2, -0.15) is 17.0 Å². The third-order valence-corrected chi connectivity index (χ3v) is 6.30. The minimum Gasteiger partial charge on any atom is -0.338 e. The summed E-state index contributed by atoms with van der Waals surface area (Å²) in [4.78, 5) is 11.9. The molecule has 1 heterocycles. The van der Waals surface area contributed by atoms with Gasteiger partial charge in [-0.15, -0.1) is 0 Å². The molecule has 1 aromatic rings. The van der Waals surface area contributed by atoms with Crippen molar-refractivity contribution in [2.75, 3.05) is 39.0 Å². The number of urea groups is 1. The van der Waals surface area contributed by atoms with Gasteiger partial charge in [0.05, 0.1) is 10.7 Å². The molecule has 0 spiro atoms. The van der Waals surface area contributed by atoms with Crippen molar-refractivity contribution < 1.29 is 13.2 Å². The van der Waals surface area contributed by atoms with Crippen LogP contribution in [-0.4, -0.2) is 56.8 Å². The summed E-state index contributed by atoms with van der Waals surface area (Å²) in [6.07, 6.45) is 1.44. The number of piperidine rings is 1. The van der Waals surface area contributed by atoms with Crippen molar-refractivity contribution in [2.45, 2.75) is 12.8 Å². The van der Waals surface area contributed by atoms with Gasteiger partial charge in [0.15, 0.2) is 0 Å². The highest BCUT2D eigenvalue weighted by Crippen LogP contribution is 2.21. The van der Waals surface area contributed by atoms with E-state index in [2.05, 4.69) is 10.6 Å². The Hall–Kier alpha value is -1.35. The lowest BCUT2D eigenvalue weighted by Crippen LogP contribution is -2.46. The van der Waals surface area contributed by atoms with Crippen LogP contribution < -0.4 is 10.6 Å². The molecule has 24 heavy (non-hydrogen) atoms. The van der Waals surface area contributed by atoms with Crippen LogP contribution in [0.1, 0.15) is 12.8 Å². The summed E-state index contributed by atoms with van der Waals surface area (Å²) in [6.45, 7) is 1.45. The van der Waals surface area contributed by atoms with Crippen LogP contribution in [0.3, 0.4) is 0 Å². The molecule has 0 bridgehead atoms. The van der Waals surface area contributed by atoms with E-state index in [9.17, 15) is 13.2 Å². The predicted octanol–water partition coefficient (Wildman–Crippen LogP) is 1.98. The number of benzene rings is 1. The molecule has 1 fully saturated rings. The second-order valence-corrected chi connectivity index (χ2v) is 8.50. The Morgan fingerprint density at radius 2 is 1.92 bits per heavy atom. The van der Waals surface area contributed by atoms with Gasteiger partial charge in [-0.1, -0.05) is 23.7 Å². The van der Waals surface area contributed by atoms with Crippen molar-refractivity contribution in [1.29, 1.82) is 0 Å². The highest BCUT2D eigenvalue weighted by atomic mass is 35.5. The predicted molar refractivity (Wildman–Crippen MR) is 95.4 cm³/mol. The number of halogens is 1. The van der Waals surface area contributed by atoms with E-state index in [1.54, 1.807) is 24.3 Å². The van der Waals surface area contributed by atoms with Crippen molar-refractivity contribution in [3.8, 4) is 0 Å². The molecular weight excluding hydrogens is 352 g/mol. The van der Waals surface area contributed by atoms with Crippen LogP contribution in [0.2, 0.25) is 5.02 Å². The fourth-order valence-electron chi connectivity index (χ4n) is 2.54. The first-order chi connectivity index (χ1) is 11.3. The van der Waals surface area contributed by atoms with E-state index in [1.165, 1.54) is 22.7 Å². The Labute approximate surface area is 148 Å². The molecule has 2 rings (SSSR count). The lowest BCUT2D eigenvalue weighted by Gasteiger charge is -2.32. The van der Waals surface area contributed by atoms with Gasteiger partial charge in [0.25, 0.3) is 10.2 Å². The van der Waals surface area contributed by atoms with E-state index in [1.807, 2.05) is 0 Å². The molecule has 2 N–H and O–H groups in total. The maximum atomic E-state index is 12.1. The van der Waals surface area contributed by atoms with Crippen LogP contribution in [0.5, 0.6) is 0 Å². The number of nitrogens with one attached hydrogen (secondary N) is 2. The molecule has 7 nitrogen and oxygen atoms in total. The van der Waals surface area contributed by atoms with E-state index in [-0.39, 0.29) is 11.9 Å². The number of anilines is 1. The van der Waals surface area contributed by atoms with Gasteiger partial charge in [-0.25, -0.2) is 4.79 Å². The molecule has 2 amide bonds. The van der Waals surface area contributed by atoms with Crippen molar-refractivity contribution in [3.63, 3.8) is 0 Å². The van der Waals surface area contributed by atoms with Gasteiger partial charge in [0.1, 0.15) is 0 Å². The number of amides is 2. The van der Waals surface area contributed by atoms with E-state index >= 15 is 0 Å². The lowest BCUT2D eigenvalue weighted by atomic mass is 9.98. The Bertz CT molecular complexity index is 673. The average molecular weight is 375 g/mol. The van der Waals surface area contributed by atoms with E-state index in [0.29, 0.717) is 30.3 Å². The molecule has 0 unspecified atom stereocenters. The molecule has 1 aromatic carbocycles. The SMILES string of the molecule is CN(C)S(=O)(=O)N1CCC(CNC(=O)Nc2ccccc2Cl)CC1. The minimum absolute atomic E-state index is 0.260. The summed E-state index contributed by atoms with van der Waals surface area (Å²) in [5, 5.41) is 6.00. The van der Waals surface area contributed by atoms with Crippen LogP contribution in [0.4, 0.5) is 10.5 Å². The zero-order valence-corrected chi connectivity index (χ0v) is 15.4. The van der Waals surface area contributed by atoms with Crippen molar-refractivity contribution in [2.24, 2.45) is 5.92 Å². The molecule has 134 valence electrons. The summed E-state index contributed by atoms with van der Waals surface area (Å²) in [6, 6.07) is 6.71. The zero-order valence-electron chi connectivity index (χ0n) is 13.8. The van der Waals surface area contributed by atoms with Gasteiger partial charge in [0.2, 0.25) is 0 Å². The lowest BCUT2D eigenvalue weighted by molar-refractivity contribution is 0.238. The van der Waals surface area contributed by atoms with Crippen LogP contribution >= 0.6 is 11.6 Å². The quantitative estimate of drug-likeness (QED) is 0.826. The average Bonchev–Trinajstić information content (AvgIpc) is 2.55. The van der Waals surface area contributed by atoms with E-state index in [0.717, 1.165) is 12.8 Å². The number of nitrogens with zero attached hydrogens (tertiary/aromatic N) is 2. The molecule has 0 radical (unpaired) electrons. The Balaban J connectivity index is 1.77. The second-order valence-electron chi connectivity index (χ2n) is 5.95. The van der Waals surface area contributed by atoms with Gasteiger partial charge in [0, 0.05) is 33.7 Å². The molecule has 0 aromatic heterocycles. The summed E-state index contributed by atoms with van der Waals surface area (Å²) in [5.41, 5.74) is 0.559. The number of hydrogen-bond acceptors (Lipinski definition) is 3. The Morgan fingerprint density at radius 1 is 1.29 bits per heavy atom. The van der Waals surface area contributed by atoms with Crippen molar-refractivity contribution in [3.05, 3.63) is 29.3 Å². The van der Waals surface area contributed by atoms with E-state index in [4.69, 9.17) is 11.6 Å². The van der Waals surface area contributed by atoms with Gasteiger partial charge < -0.3 is 10.6 Å². The molecule has 0 aliphatic carbocycles. The molecular formula is C15H23ClN4O3S. The third-order valence-electron chi connectivity index (χ3n) is 4.03. The monoisotopic (exact) mass is 374 g/mol. The van der Waals surface area contributed by atoms with Crippen LogP contribution in [0, 0.1) is 5.92 Å². The Morgan fingerprint density at radius 3 is 2.50 bits per heavy atom. The first-order valence-electron chi connectivity index (χ1n) is 7.77. The van der Waals surface area contributed by atoms with Crippen molar-refractivity contribution >= 4 is 33.5 Å². The van der Waals surface area contributed by atoms with Gasteiger partial charge >= 0.3 is 6.03 Å². The molecule has 0 atom stereocenters. The summed E-state index contributed by atoms with van der Waals surface area (Å²) >= 11 is 5.99.